The summed E-state index contributed by atoms with van der Waals surface area (Å²) in [7, 11) is 0. The topological polar surface area (TPSA) is 66.0 Å². The van der Waals surface area contributed by atoms with Gasteiger partial charge in [-0.1, -0.05) is 6.92 Å². The van der Waals surface area contributed by atoms with Gasteiger partial charge in [0.15, 0.2) is 0 Å². The van der Waals surface area contributed by atoms with Gasteiger partial charge in [0.25, 0.3) is 0 Å². The van der Waals surface area contributed by atoms with Crippen LogP contribution >= 0.6 is 0 Å². The monoisotopic (exact) mass is 182 g/mol. The van der Waals surface area contributed by atoms with E-state index in [-0.39, 0.29) is 0 Å². The van der Waals surface area contributed by atoms with Gasteiger partial charge in [-0.25, -0.2) is 0 Å². The van der Waals surface area contributed by atoms with Gasteiger partial charge in [0.05, 0.1) is 11.6 Å². The fraction of sp³-hybridized carbons (Fsp3) is 0.556. The van der Waals surface area contributed by atoms with Crippen molar-refractivity contribution in [3.8, 4) is 0 Å². The second-order valence-corrected chi connectivity index (χ2v) is 3.55. The molecule has 1 aromatic rings. The summed E-state index contributed by atoms with van der Waals surface area (Å²) < 4.78 is 0. The Kier molecular flexibility index (Phi) is 2.40. The van der Waals surface area contributed by atoms with Crippen LogP contribution in [-0.2, 0) is 16.6 Å². The quantitative estimate of drug-likeness (QED) is 0.741. The van der Waals surface area contributed by atoms with Crippen molar-refractivity contribution in [2.24, 2.45) is 0 Å². The molecule has 2 N–H and O–H groups in total. The van der Waals surface area contributed by atoms with E-state index in [1.165, 1.54) is 0 Å². The Labute approximate surface area is 77.0 Å². The highest BCUT2D eigenvalue weighted by atomic mass is 16.4. The van der Waals surface area contributed by atoms with E-state index in [4.69, 9.17) is 5.11 Å². The predicted molar refractivity (Wildman–Crippen MR) is 48.6 cm³/mol. The van der Waals surface area contributed by atoms with E-state index in [1.807, 2.05) is 6.92 Å². The number of aryl methyl sites for hydroxylation is 1. The third kappa shape index (κ3) is 1.56. The Morgan fingerprint density at radius 1 is 1.69 bits per heavy atom. The summed E-state index contributed by atoms with van der Waals surface area (Å²) in [5, 5.41) is 15.6. The molecule has 4 heteroatoms. The van der Waals surface area contributed by atoms with Gasteiger partial charge in [0.2, 0.25) is 0 Å². The van der Waals surface area contributed by atoms with Crippen molar-refractivity contribution in [3.63, 3.8) is 0 Å². The molecular formula is C9H14N2O2. The van der Waals surface area contributed by atoms with Crippen LogP contribution in [0.5, 0.6) is 0 Å². The van der Waals surface area contributed by atoms with Crippen LogP contribution in [0.25, 0.3) is 0 Å². The number of nitrogens with zero attached hydrogens (tertiary/aromatic N) is 1. The second kappa shape index (κ2) is 3.20. The fourth-order valence-corrected chi connectivity index (χ4v) is 1.24. The number of aromatic amines is 1. The van der Waals surface area contributed by atoms with E-state index in [2.05, 4.69) is 10.2 Å². The number of aliphatic carboxylic acids is 1. The van der Waals surface area contributed by atoms with Crippen LogP contribution in [0.3, 0.4) is 0 Å². The van der Waals surface area contributed by atoms with Gasteiger partial charge in [-0.3, -0.25) is 9.89 Å². The van der Waals surface area contributed by atoms with E-state index in [9.17, 15) is 4.79 Å². The molecule has 0 unspecified atom stereocenters. The maximum atomic E-state index is 10.9. The second-order valence-electron chi connectivity index (χ2n) is 3.55. The molecule has 72 valence electrons. The minimum Gasteiger partial charge on any atom is -0.481 e. The first kappa shape index (κ1) is 9.77. The van der Waals surface area contributed by atoms with Gasteiger partial charge in [0.1, 0.15) is 0 Å². The van der Waals surface area contributed by atoms with Crippen LogP contribution in [0.4, 0.5) is 0 Å². The van der Waals surface area contributed by atoms with Crippen LogP contribution in [-0.4, -0.2) is 21.3 Å². The highest BCUT2D eigenvalue weighted by molar-refractivity contribution is 5.80. The molecule has 0 saturated heterocycles. The summed E-state index contributed by atoms with van der Waals surface area (Å²) in [6.07, 6.45) is 2.36. The van der Waals surface area contributed by atoms with Crippen LogP contribution in [0.2, 0.25) is 0 Å². The lowest BCUT2D eigenvalue weighted by atomic mass is 9.84. The van der Waals surface area contributed by atoms with Crippen molar-refractivity contribution < 1.29 is 9.90 Å². The molecule has 0 aliphatic rings. The standard InChI is InChI=1S/C9H14N2O2/c1-4-7-6(5-10-11-7)9(2,3)8(12)13/h5H,4H2,1-3H3,(H,10,11)(H,12,13). The number of H-pyrrole nitrogens is 1. The summed E-state index contributed by atoms with van der Waals surface area (Å²) in [4.78, 5) is 10.9. The van der Waals surface area contributed by atoms with Crippen LogP contribution < -0.4 is 0 Å². The van der Waals surface area contributed by atoms with Crippen LogP contribution in [0.15, 0.2) is 6.20 Å². The fourth-order valence-electron chi connectivity index (χ4n) is 1.24. The van der Waals surface area contributed by atoms with Crippen LogP contribution in [0.1, 0.15) is 32.0 Å². The summed E-state index contributed by atoms with van der Waals surface area (Å²) in [6.45, 7) is 5.33. The molecule has 0 fully saturated rings. The minimum absolute atomic E-state index is 0.766. The molecule has 0 saturated carbocycles. The van der Waals surface area contributed by atoms with E-state index >= 15 is 0 Å². The average Bonchev–Trinajstić information content (AvgIpc) is 2.51. The molecule has 0 amide bonds. The molecule has 0 bridgehead atoms. The third-order valence-corrected chi connectivity index (χ3v) is 2.28. The Bertz CT molecular complexity index is 315. The van der Waals surface area contributed by atoms with E-state index in [0.717, 1.165) is 17.7 Å². The molecule has 13 heavy (non-hydrogen) atoms. The van der Waals surface area contributed by atoms with Crippen molar-refractivity contribution in [3.05, 3.63) is 17.5 Å². The lowest BCUT2D eigenvalue weighted by molar-refractivity contribution is -0.142. The highest BCUT2D eigenvalue weighted by Crippen LogP contribution is 2.25. The largest absolute Gasteiger partial charge is 0.481 e. The van der Waals surface area contributed by atoms with Gasteiger partial charge in [-0.05, 0) is 20.3 Å². The molecule has 1 heterocycles. The first-order valence-corrected chi connectivity index (χ1v) is 4.26. The van der Waals surface area contributed by atoms with E-state index in [0.29, 0.717) is 0 Å². The molecule has 4 nitrogen and oxygen atoms in total. The Morgan fingerprint density at radius 2 is 2.31 bits per heavy atom. The van der Waals surface area contributed by atoms with E-state index in [1.54, 1.807) is 20.0 Å². The summed E-state index contributed by atoms with van der Waals surface area (Å²) in [6, 6.07) is 0. The number of rotatable bonds is 3. The Hall–Kier alpha value is -1.32. The van der Waals surface area contributed by atoms with Crippen molar-refractivity contribution in [2.45, 2.75) is 32.6 Å². The zero-order valence-electron chi connectivity index (χ0n) is 8.09. The third-order valence-electron chi connectivity index (χ3n) is 2.28. The number of hydrogen-bond donors (Lipinski definition) is 2. The summed E-state index contributed by atoms with van der Waals surface area (Å²) in [5.74, 6) is -0.830. The number of carbonyl (C=O) groups is 1. The number of carboxylic acids is 1. The number of carboxylic acid groups (broad SMARTS) is 1. The normalized spacial score (nSPS) is 11.6. The molecule has 0 atom stereocenters. The Morgan fingerprint density at radius 3 is 2.77 bits per heavy atom. The van der Waals surface area contributed by atoms with Gasteiger partial charge in [-0.15, -0.1) is 0 Å². The van der Waals surface area contributed by atoms with E-state index < -0.39 is 11.4 Å². The van der Waals surface area contributed by atoms with Crippen molar-refractivity contribution in [1.82, 2.24) is 10.2 Å². The minimum atomic E-state index is -0.863. The van der Waals surface area contributed by atoms with Crippen LogP contribution in [0, 0.1) is 0 Å². The maximum absolute atomic E-state index is 10.9. The average molecular weight is 182 g/mol. The molecule has 1 rings (SSSR count). The maximum Gasteiger partial charge on any atom is 0.313 e. The van der Waals surface area contributed by atoms with Crippen molar-refractivity contribution in [1.29, 1.82) is 0 Å². The summed E-state index contributed by atoms with van der Waals surface area (Å²) >= 11 is 0. The van der Waals surface area contributed by atoms with Gasteiger partial charge in [0, 0.05) is 11.3 Å². The van der Waals surface area contributed by atoms with Gasteiger partial charge in [-0.2, -0.15) is 5.10 Å². The SMILES string of the molecule is CCc1[nH]ncc1C(C)(C)C(=O)O. The first-order chi connectivity index (χ1) is 6.00. The molecule has 0 aliphatic carbocycles. The summed E-state index contributed by atoms with van der Waals surface area (Å²) in [5.41, 5.74) is 0.799. The molecule has 0 radical (unpaired) electrons. The predicted octanol–water partition coefficient (Wildman–Crippen LogP) is 1.33. The lowest BCUT2D eigenvalue weighted by Crippen LogP contribution is -2.29. The highest BCUT2D eigenvalue weighted by Gasteiger charge is 2.32. The van der Waals surface area contributed by atoms with Crippen molar-refractivity contribution >= 4 is 5.97 Å². The molecule has 0 aliphatic heterocycles. The number of aromatic nitrogens is 2. The molecule has 0 spiro atoms. The number of nitrogens with one attached hydrogen (secondary N) is 1. The number of hydrogen-bond acceptors (Lipinski definition) is 2. The van der Waals surface area contributed by atoms with Gasteiger partial charge < -0.3 is 5.11 Å². The van der Waals surface area contributed by atoms with Gasteiger partial charge >= 0.3 is 5.97 Å². The molecular weight excluding hydrogens is 168 g/mol. The zero-order valence-corrected chi connectivity index (χ0v) is 8.09. The van der Waals surface area contributed by atoms with Crippen molar-refractivity contribution in [2.75, 3.05) is 0 Å². The lowest BCUT2D eigenvalue weighted by Gasteiger charge is -2.18. The molecule has 0 aromatic carbocycles. The zero-order chi connectivity index (χ0) is 10.1. The Balaban J connectivity index is 3.13. The molecule has 1 aromatic heterocycles. The first-order valence-electron chi connectivity index (χ1n) is 4.26. The smallest absolute Gasteiger partial charge is 0.313 e.